The Kier molecular flexibility index (Phi) is 14.5. The van der Waals surface area contributed by atoms with Gasteiger partial charge in [-0.1, -0.05) is 79.5 Å². The summed E-state index contributed by atoms with van der Waals surface area (Å²) < 4.78 is 43.0. The molecule has 0 saturated heterocycles. The Morgan fingerprint density at radius 3 is 2.06 bits per heavy atom. The van der Waals surface area contributed by atoms with Crippen molar-refractivity contribution in [2.75, 3.05) is 4.93 Å². The summed E-state index contributed by atoms with van der Waals surface area (Å²) in [6.45, 7) is 9.19. The van der Waals surface area contributed by atoms with Crippen LogP contribution in [0.4, 0.5) is 13.2 Å². The van der Waals surface area contributed by atoms with Crippen LogP contribution >= 0.6 is 22.6 Å². The first-order valence-corrected chi connectivity index (χ1v) is 11.8. The molecule has 0 unspecified atom stereocenters. The molecule has 2 N–H and O–H groups in total. The Morgan fingerprint density at radius 2 is 1.62 bits per heavy atom. The van der Waals surface area contributed by atoms with Crippen molar-refractivity contribution in [2.24, 2.45) is 0 Å². The van der Waals surface area contributed by atoms with E-state index in [0.29, 0.717) is 0 Å². The summed E-state index contributed by atoms with van der Waals surface area (Å²) in [4.78, 5) is 6.01. The summed E-state index contributed by atoms with van der Waals surface area (Å²) in [6.07, 6.45) is 7.47. The number of halogens is 4. The molecule has 1 heterocycles. The second-order valence-electron chi connectivity index (χ2n) is 5.59. The van der Waals surface area contributed by atoms with Gasteiger partial charge in [0.05, 0.1) is 22.5 Å². The zero-order chi connectivity index (χ0) is 24.7. The minimum absolute atomic E-state index is 0.0675. The van der Waals surface area contributed by atoms with Gasteiger partial charge >= 0.3 is 0 Å². The van der Waals surface area contributed by atoms with Crippen LogP contribution in [0.5, 0.6) is 0 Å². The molecule has 3 nitrogen and oxygen atoms in total. The molecule has 0 aliphatic heterocycles. The van der Waals surface area contributed by atoms with Crippen LogP contribution in [0.25, 0.3) is 5.57 Å². The number of rotatable bonds is 7. The van der Waals surface area contributed by atoms with Crippen molar-refractivity contribution in [3.8, 4) is 0 Å². The predicted octanol–water partition coefficient (Wildman–Crippen LogP) is 7.89. The minimum Gasteiger partial charge on any atom is -0.299 e. The van der Waals surface area contributed by atoms with Gasteiger partial charge in [-0.25, -0.2) is 8.78 Å². The second-order valence-corrected chi connectivity index (χ2v) is 5.59. The molecule has 0 amide bonds. The summed E-state index contributed by atoms with van der Waals surface area (Å²) in [5, 5.41) is 16.1. The van der Waals surface area contributed by atoms with Crippen LogP contribution in [0, 0.1) is 22.5 Å². The maximum atomic E-state index is 14.3. The zero-order valence-electron chi connectivity index (χ0n) is 18.5. The van der Waals surface area contributed by atoms with E-state index < -0.39 is 28.9 Å². The van der Waals surface area contributed by atoms with E-state index in [9.17, 15) is 13.2 Å². The Morgan fingerprint density at radius 1 is 1.03 bits per heavy atom. The Hall–Kier alpha value is -2.81. The maximum absolute atomic E-state index is 14.3. The molecule has 0 spiro atoms. The van der Waals surface area contributed by atoms with Gasteiger partial charge in [0.25, 0.3) is 0 Å². The van der Waals surface area contributed by atoms with Crippen LogP contribution in [-0.4, -0.2) is 21.6 Å². The normalized spacial score (nSPS) is 11.4. The lowest BCUT2D eigenvalue weighted by atomic mass is 9.89. The van der Waals surface area contributed by atoms with E-state index in [1.54, 1.807) is 25.1 Å². The SMILES string of the molecule is C=C\C=C/C(=C\C)C(/C(=N)c1c(F)cccc1F)=C(/C(=N)F)c1ccccn1.CC.CI. The summed E-state index contributed by atoms with van der Waals surface area (Å²) in [6, 6.07) is 7.86. The molecule has 2 rings (SSSR count). The van der Waals surface area contributed by atoms with Crippen molar-refractivity contribution >= 4 is 39.8 Å². The third kappa shape index (κ3) is 7.71. The monoisotopic (exact) mass is 553 g/mol. The number of pyridine rings is 1. The lowest BCUT2D eigenvalue weighted by Gasteiger charge is -2.17. The van der Waals surface area contributed by atoms with Gasteiger partial charge in [0.2, 0.25) is 5.97 Å². The number of hydrogen-bond donors (Lipinski definition) is 2. The highest BCUT2D eigenvalue weighted by Crippen LogP contribution is 2.30. The van der Waals surface area contributed by atoms with E-state index in [2.05, 4.69) is 34.2 Å². The Bertz CT molecular complexity index is 990. The summed E-state index contributed by atoms with van der Waals surface area (Å²) in [7, 11) is 0. The van der Waals surface area contributed by atoms with Crippen LogP contribution < -0.4 is 0 Å². The topological polar surface area (TPSA) is 60.6 Å². The largest absolute Gasteiger partial charge is 0.299 e. The minimum atomic E-state index is -1.37. The van der Waals surface area contributed by atoms with Gasteiger partial charge < -0.3 is 0 Å². The van der Waals surface area contributed by atoms with Gasteiger partial charge in [-0.2, -0.15) is 4.39 Å². The number of allylic oxidation sites excluding steroid dienone is 7. The smallest absolute Gasteiger partial charge is 0.215 e. The molecule has 1 aromatic carbocycles. The van der Waals surface area contributed by atoms with E-state index in [0.717, 1.165) is 12.1 Å². The molecule has 7 heteroatoms. The van der Waals surface area contributed by atoms with E-state index >= 15 is 0 Å². The summed E-state index contributed by atoms with van der Waals surface area (Å²) in [5.74, 6) is -3.30. The van der Waals surface area contributed by atoms with Crippen molar-refractivity contribution < 1.29 is 13.2 Å². The molecular weight excluding hydrogens is 526 g/mol. The molecule has 170 valence electrons. The summed E-state index contributed by atoms with van der Waals surface area (Å²) >= 11 is 2.15. The van der Waals surface area contributed by atoms with Gasteiger partial charge in [0.15, 0.2) is 0 Å². The van der Waals surface area contributed by atoms with Crippen molar-refractivity contribution in [3.63, 3.8) is 0 Å². The number of aromatic nitrogens is 1. The maximum Gasteiger partial charge on any atom is 0.215 e. The van der Waals surface area contributed by atoms with Crippen molar-refractivity contribution in [1.29, 1.82) is 10.8 Å². The first-order valence-electron chi connectivity index (χ1n) is 9.69. The highest BCUT2D eigenvalue weighted by Gasteiger charge is 2.25. The van der Waals surface area contributed by atoms with E-state index in [-0.39, 0.29) is 22.4 Å². The van der Waals surface area contributed by atoms with Crippen LogP contribution in [0.3, 0.4) is 0 Å². The fraction of sp³-hybridized carbons (Fsp3) is 0.160. The standard InChI is InChI=1S/C22H18F3N3.C2H6.CH3I/c1-3-5-9-14(4-2)18(20(22(25)27)17-12-6-7-13-28-17)21(26)19-15(23)10-8-11-16(19)24;2*1-2/h3-13,26-27H,1H2,2H3;1-2H3;1H3/b9-5-,14-4+,20-18-,26-21?,27-22?;;. The fourth-order valence-electron chi connectivity index (χ4n) is 2.63. The van der Waals surface area contributed by atoms with Crippen molar-refractivity contribution in [2.45, 2.75) is 20.8 Å². The lowest BCUT2D eigenvalue weighted by Crippen LogP contribution is -2.15. The van der Waals surface area contributed by atoms with Crippen molar-refractivity contribution in [3.05, 3.63) is 108 Å². The first kappa shape index (κ1) is 29.2. The molecule has 0 saturated carbocycles. The molecule has 1 aromatic heterocycles. The van der Waals surface area contributed by atoms with Crippen LogP contribution in [0.15, 0.2) is 84.6 Å². The number of nitrogens with one attached hydrogen (secondary N) is 2. The van der Waals surface area contributed by atoms with E-state index in [1.165, 1.54) is 36.6 Å². The average Bonchev–Trinajstić information content (AvgIpc) is 2.81. The molecule has 32 heavy (non-hydrogen) atoms. The average molecular weight is 553 g/mol. The van der Waals surface area contributed by atoms with Crippen LogP contribution in [-0.2, 0) is 0 Å². The highest BCUT2D eigenvalue weighted by molar-refractivity contribution is 14.1. The van der Waals surface area contributed by atoms with Gasteiger partial charge in [-0.15, -0.1) is 0 Å². The molecule has 0 radical (unpaired) electrons. The van der Waals surface area contributed by atoms with E-state index in [4.69, 9.17) is 10.8 Å². The summed E-state index contributed by atoms with van der Waals surface area (Å²) in [5.41, 5.74) is -1.35. The van der Waals surface area contributed by atoms with Crippen LogP contribution in [0.1, 0.15) is 32.0 Å². The molecule has 0 aliphatic rings. The third-order valence-corrected chi connectivity index (χ3v) is 3.86. The molecular formula is C25H27F3IN3. The van der Waals surface area contributed by atoms with Crippen molar-refractivity contribution in [1.82, 2.24) is 4.98 Å². The van der Waals surface area contributed by atoms with Gasteiger partial charge in [0, 0.05) is 11.8 Å². The molecule has 0 bridgehead atoms. The van der Waals surface area contributed by atoms with E-state index in [1.807, 2.05) is 18.8 Å². The first-order chi connectivity index (χ1) is 15.4. The number of nitrogens with zero attached hydrogens (tertiary/aromatic N) is 1. The Balaban J connectivity index is 0.00000227. The predicted molar refractivity (Wildman–Crippen MR) is 138 cm³/mol. The molecule has 0 aliphatic carbocycles. The number of alkyl halides is 1. The van der Waals surface area contributed by atoms with Gasteiger partial charge in [-0.3, -0.25) is 15.8 Å². The lowest BCUT2D eigenvalue weighted by molar-refractivity contribution is 0.579. The number of hydrogen-bond acceptors (Lipinski definition) is 3. The zero-order valence-corrected chi connectivity index (χ0v) is 20.7. The Labute approximate surface area is 201 Å². The molecule has 0 fully saturated rings. The van der Waals surface area contributed by atoms with Gasteiger partial charge in [0.1, 0.15) is 11.6 Å². The quantitative estimate of drug-likeness (QED) is 0.156. The second kappa shape index (κ2) is 15.9. The fourth-order valence-corrected chi connectivity index (χ4v) is 2.63. The number of benzene rings is 1. The van der Waals surface area contributed by atoms with Crippen LogP contribution in [0.2, 0.25) is 0 Å². The molecule has 0 atom stereocenters. The molecule has 2 aromatic rings. The highest BCUT2D eigenvalue weighted by atomic mass is 127. The van der Waals surface area contributed by atoms with Gasteiger partial charge in [-0.05, 0) is 41.7 Å². The third-order valence-electron chi connectivity index (χ3n) is 3.86.